The maximum absolute atomic E-state index is 11.7. The lowest BCUT2D eigenvalue weighted by Gasteiger charge is -2.50. The summed E-state index contributed by atoms with van der Waals surface area (Å²) in [5.74, 6) is -3.81. The molecule has 0 saturated carbocycles. The Labute approximate surface area is 117 Å². The van der Waals surface area contributed by atoms with Gasteiger partial charge in [-0.25, -0.2) is 9.59 Å². The van der Waals surface area contributed by atoms with E-state index in [1.807, 2.05) is 0 Å². The van der Waals surface area contributed by atoms with E-state index in [2.05, 4.69) is 6.58 Å². The highest BCUT2D eigenvalue weighted by molar-refractivity contribution is 5.81. The first-order chi connectivity index (χ1) is 9.07. The minimum absolute atomic E-state index is 0.214. The molecule has 1 aliphatic heterocycles. The highest BCUT2D eigenvalue weighted by Gasteiger charge is 2.67. The predicted octanol–water partition coefficient (Wildman–Crippen LogP) is 2.45. The van der Waals surface area contributed by atoms with Crippen LogP contribution in [0, 0.1) is 0 Å². The van der Waals surface area contributed by atoms with Gasteiger partial charge in [0, 0.05) is 19.4 Å². The van der Waals surface area contributed by atoms with Gasteiger partial charge in [-0.15, -0.1) is 0 Å². The Bertz CT molecular complexity index is 407. The van der Waals surface area contributed by atoms with Crippen molar-refractivity contribution in [2.24, 2.45) is 0 Å². The van der Waals surface area contributed by atoms with Crippen LogP contribution < -0.4 is 0 Å². The summed E-state index contributed by atoms with van der Waals surface area (Å²) in [4.78, 5) is 32.7. The fraction of sp³-hybridized carbons (Fsp3) is 0.692. The van der Waals surface area contributed by atoms with Crippen LogP contribution in [0.3, 0.4) is 0 Å². The summed E-state index contributed by atoms with van der Waals surface area (Å²) in [6.45, 7) is 11.5. The molecule has 1 heterocycles. The second-order valence-electron chi connectivity index (χ2n) is 5.41. The number of hydrogen-bond donors (Lipinski definition) is 0. The van der Waals surface area contributed by atoms with Crippen LogP contribution in [-0.2, 0) is 28.8 Å². The normalized spacial score (nSPS) is 29.1. The van der Waals surface area contributed by atoms with E-state index in [4.69, 9.17) is 24.0 Å². The second-order valence-corrected chi connectivity index (χ2v) is 5.41. The minimum Gasteiger partial charge on any atom is -0.428 e. The van der Waals surface area contributed by atoms with Crippen molar-refractivity contribution in [2.75, 3.05) is 0 Å². The molecular weight excluding hydrogens is 268 g/mol. The molecule has 0 aromatic carbocycles. The molecular formula is C13H20O7. The molecule has 7 heteroatoms. The zero-order valence-corrected chi connectivity index (χ0v) is 12.3. The highest BCUT2D eigenvalue weighted by atomic mass is 17.3. The van der Waals surface area contributed by atoms with Crippen LogP contribution in [0.4, 0.5) is 4.79 Å². The first kappa shape index (κ1) is 16.5. The van der Waals surface area contributed by atoms with E-state index in [1.54, 1.807) is 27.7 Å². The molecule has 2 atom stereocenters. The molecule has 1 saturated heterocycles. The smallest absolute Gasteiger partial charge is 0.428 e. The fourth-order valence-electron chi connectivity index (χ4n) is 1.54. The van der Waals surface area contributed by atoms with Crippen LogP contribution in [-0.4, -0.2) is 29.3 Å². The van der Waals surface area contributed by atoms with E-state index in [0.29, 0.717) is 0 Å². The largest absolute Gasteiger partial charge is 0.511 e. The molecule has 0 bridgehead atoms. The zero-order chi connectivity index (χ0) is 15.6. The van der Waals surface area contributed by atoms with Crippen molar-refractivity contribution in [2.45, 2.75) is 58.2 Å². The lowest BCUT2D eigenvalue weighted by molar-refractivity contribution is -0.642. The van der Waals surface area contributed by atoms with Gasteiger partial charge in [-0.2, -0.15) is 9.78 Å². The SMILES string of the molecule is C=CC(=O)OC1(CC)OOC1(C)OC(=O)OC(C)(C)C. The summed E-state index contributed by atoms with van der Waals surface area (Å²) in [6.07, 6.45) is 0.245. The van der Waals surface area contributed by atoms with Crippen molar-refractivity contribution >= 4 is 12.1 Å². The van der Waals surface area contributed by atoms with Gasteiger partial charge in [0.25, 0.3) is 0 Å². The number of ether oxygens (including phenoxy) is 3. The van der Waals surface area contributed by atoms with Crippen LogP contribution in [0.1, 0.15) is 41.0 Å². The third-order valence-electron chi connectivity index (χ3n) is 2.59. The fourth-order valence-corrected chi connectivity index (χ4v) is 1.54. The monoisotopic (exact) mass is 288 g/mol. The summed E-state index contributed by atoms with van der Waals surface area (Å²) in [7, 11) is 0. The van der Waals surface area contributed by atoms with E-state index in [9.17, 15) is 9.59 Å². The molecule has 0 aliphatic carbocycles. The predicted molar refractivity (Wildman–Crippen MR) is 67.2 cm³/mol. The average Bonchev–Trinajstić information content (AvgIpc) is 2.31. The number of carbonyl (C=O) groups excluding carboxylic acids is 2. The molecule has 114 valence electrons. The number of hydrogen-bond acceptors (Lipinski definition) is 7. The maximum Gasteiger partial charge on any atom is 0.511 e. The molecule has 2 unspecified atom stereocenters. The van der Waals surface area contributed by atoms with E-state index in [1.165, 1.54) is 6.92 Å². The lowest BCUT2D eigenvalue weighted by Crippen LogP contribution is -2.69. The van der Waals surface area contributed by atoms with Crippen molar-refractivity contribution in [1.29, 1.82) is 0 Å². The minimum atomic E-state index is -1.58. The zero-order valence-electron chi connectivity index (χ0n) is 12.3. The van der Waals surface area contributed by atoms with Crippen molar-refractivity contribution in [3.05, 3.63) is 12.7 Å². The number of carbonyl (C=O) groups is 2. The van der Waals surface area contributed by atoms with E-state index in [0.717, 1.165) is 6.08 Å². The molecule has 20 heavy (non-hydrogen) atoms. The van der Waals surface area contributed by atoms with Crippen molar-refractivity contribution in [3.63, 3.8) is 0 Å². The first-order valence-corrected chi connectivity index (χ1v) is 6.22. The molecule has 0 radical (unpaired) electrons. The van der Waals surface area contributed by atoms with Gasteiger partial charge in [0.1, 0.15) is 5.60 Å². The molecule has 0 amide bonds. The van der Waals surface area contributed by atoms with Gasteiger partial charge in [-0.1, -0.05) is 13.5 Å². The summed E-state index contributed by atoms with van der Waals surface area (Å²) in [5.41, 5.74) is -0.718. The van der Waals surface area contributed by atoms with E-state index >= 15 is 0 Å². The van der Waals surface area contributed by atoms with Gasteiger partial charge in [0.05, 0.1) is 0 Å². The molecule has 0 spiro atoms. The van der Waals surface area contributed by atoms with E-state index < -0.39 is 29.3 Å². The summed E-state index contributed by atoms with van der Waals surface area (Å²) < 4.78 is 15.2. The topological polar surface area (TPSA) is 80.3 Å². The van der Waals surface area contributed by atoms with Gasteiger partial charge in [-0.05, 0) is 20.8 Å². The summed E-state index contributed by atoms with van der Waals surface area (Å²) in [5, 5.41) is 0. The van der Waals surface area contributed by atoms with Gasteiger partial charge < -0.3 is 14.2 Å². The third kappa shape index (κ3) is 3.29. The third-order valence-corrected chi connectivity index (χ3v) is 2.59. The molecule has 0 N–H and O–H groups in total. The molecule has 1 fully saturated rings. The second kappa shape index (κ2) is 5.41. The van der Waals surface area contributed by atoms with Gasteiger partial charge in [0.2, 0.25) is 0 Å². The molecule has 1 rings (SSSR count). The molecule has 7 nitrogen and oxygen atoms in total. The van der Waals surface area contributed by atoms with Crippen LogP contribution in [0.5, 0.6) is 0 Å². The molecule has 1 aliphatic rings. The quantitative estimate of drug-likeness (QED) is 0.446. The van der Waals surface area contributed by atoms with Gasteiger partial charge >= 0.3 is 23.7 Å². The van der Waals surface area contributed by atoms with Gasteiger partial charge in [-0.3, -0.25) is 0 Å². The average molecular weight is 288 g/mol. The van der Waals surface area contributed by atoms with Crippen LogP contribution in [0.2, 0.25) is 0 Å². The Balaban J connectivity index is 2.79. The lowest BCUT2D eigenvalue weighted by atomic mass is 10.0. The Morgan fingerprint density at radius 1 is 1.25 bits per heavy atom. The van der Waals surface area contributed by atoms with E-state index in [-0.39, 0.29) is 6.42 Å². The molecule has 0 aromatic heterocycles. The summed E-state index contributed by atoms with van der Waals surface area (Å²) >= 11 is 0. The van der Waals surface area contributed by atoms with Gasteiger partial charge in [0.15, 0.2) is 0 Å². The van der Waals surface area contributed by atoms with Crippen LogP contribution in [0.15, 0.2) is 12.7 Å². The standard InChI is InChI=1S/C13H20O7/c1-7-9(14)16-13(8-2)12(6,19-20-13)18-10(15)17-11(3,4)5/h7H,1,8H2,2-6H3. The van der Waals surface area contributed by atoms with Crippen LogP contribution >= 0.6 is 0 Å². The van der Waals surface area contributed by atoms with Crippen LogP contribution in [0.25, 0.3) is 0 Å². The summed E-state index contributed by atoms with van der Waals surface area (Å²) in [6, 6.07) is 0. The Morgan fingerprint density at radius 3 is 2.20 bits per heavy atom. The first-order valence-electron chi connectivity index (χ1n) is 6.22. The number of rotatable bonds is 4. The van der Waals surface area contributed by atoms with Crippen molar-refractivity contribution < 1.29 is 33.6 Å². The highest BCUT2D eigenvalue weighted by Crippen LogP contribution is 2.45. The Hall–Kier alpha value is -1.60. The Morgan fingerprint density at radius 2 is 1.85 bits per heavy atom. The van der Waals surface area contributed by atoms with Crippen molar-refractivity contribution in [3.8, 4) is 0 Å². The maximum atomic E-state index is 11.7. The number of esters is 1. The van der Waals surface area contributed by atoms with Crippen molar-refractivity contribution in [1.82, 2.24) is 0 Å². The molecule has 0 aromatic rings. The Kier molecular flexibility index (Phi) is 4.45.